The van der Waals surface area contributed by atoms with Crippen LogP contribution in [0.1, 0.15) is 98.3 Å². The Morgan fingerprint density at radius 3 is 2.60 bits per heavy atom. The minimum Gasteiger partial charge on any atom is -0.351 e. The largest absolute Gasteiger partial charge is 0.351 e. The summed E-state index contributed by atoms with van der Waals surface area (Å²) in [7, 11) is 1.84. The summed E-state index contributed by atoms with van der Waals surface area (Å²) in [4.78, 5) is 65.6. The molecule has 2 aromatic heterocycles. The second-order valence-electron chi connectivity index (χ2n) is 16.6. The molecule has 5 heterocycles. The minimum atomic E-state index is -0.602. The molecule has 4 aromatic rings. The number of nitrogens with zero attached hydrogens (tertiary/aromatic N) is 7. The van der Waals surface area contributed by atoms with E-state index in [4.69, 9.17) is 4.98 Å². The minimum absolute atomic E-state index is 0.0119. The highest BCUT2D eigenvalue weighted by Crippen LogP contribution is 2.33. The van der Waals surface area contributed by atoms with E-state index in [9.17, 15) is 19.2 Å². The third kappa shape index (κ3) is 8.27. The van der Waals surface area contributed by atoms with Gasteiger partial charge in [0.1, 0.15) is 11.6 Å². The van der Waals surface area contributed by atoms with Crippen LogP contribution in [-0.4, -0.2) is 109 Å². The monoisotopic (exact) mass is 792 g/mol. The number of hydrogen-bond donors (Lipinski definition) is 3. The average Bonchev–Trinajstić information content (AvgIpc) is 3.89. The second kappa shape index (κ2) is 16.8. The summed E-state index contributed by atoms with van der Waals surface area (Å²) in [5, 5.41) is 14.3. The van der Waals surface area contributed by atoms with E-state index in [0.717, 1.165) is 86.8 Å². The zero-order chi connectivity index (χ0) is 40.5. The highest BCUT2D eigenvalue weighted by molar-refractivity contribution is 6.05. The summed E-state index contributed by atoms with van der Waals surface area (Å²) in [6.45, 7) is 8.61. The van der Waals surface area contributed by atoms with Gasteiger partial charge in [0.15, 0.2) is 5.82 Å². The molecule has 1 unspecified atom stereocenters. The number of hydrogen-bond acceptors (Lipinski definition) is 9. The first kappa shape index (κ1) is 39.4. The number of anilines is 1. The van der Waals surface area contributed by atoms with Crippen molar-refractivity contribution >= 4 is 40.6 Å². The van der Waals surface area contributed by atoms with E-state index < -0.39 is 6.04 Å². The van der Waals surface area contributed by atoms with Crippen LogP contribution in [0.15, 0.2) is 42.6 Å². The molecular formula is C43H53FN10O4. The summed E-state index contributed by atoms with van der Waals surface area (Å²) in [6, 6.07) is 10.6. The lowest BCUT2D eigenvalue weighted by Gasteiger charge is -2.35. The number of aryl methyl sites for hydroxylation is 2. The Hall–Kier alpha value is -5.44. The Kier molecular flexibility index (Phi) is 11.4. The van der Waals surface area contributed by atoms with Crippen LogP contribution in [-0.2, 0) is 29.6 Å². The summed E-state index contributed by atoms with van der Waals surface area (Å²) >= 11 is 0. The van der Waals surface area contributed by atoms with E-state index in [-0.39, 0.29) is 54.0 Å². The Morgan fingerprint density at radius 1 is 1.00 bits per heavy atom. The van der Waals surface area contributed by atoms with E-state index in [2.05, 4.69) is 50.8 Å². The maximum absolute atomic E-state index is 15.1. The number of piperazine rings is 1. The highest BCUT2D eigenvalue weighted by Gasteiger charge is 2.39. The molecule has 3 atom stereocenters. The van der Waals surface area contributed by atoms with Gasteiger partial charge in [-0.3, -0.25) is 29.3 Å². The molecule has 3 fully saturated rings. The van der Waals surface area contributed by atoms with E-state index in [0.29, 0.717) is 54.3 Å². The molecule has 2 saturated heterocycles. The predicted octanol–water partition coefficient (Wildman–Crippen LogP) is 5.13. The van der Waals surface area contributed by atoms with Crippen molar-refractivity contribution in [2.45, 2.75) is 102 Å². The van der Waals surface area contributed by atoms with E-state index in [1.54, 1.807) is 21.8 Å². The van der Waals surface area contributed by atoms with Crippen LogP contribution in [0.25, 0.3) is 22.2 Å². The van der Waals surface area contributed by atoms with Crippen molar-refractivity contribution in [2.75, 3.05) is 38.0 Å². The predicted molar refractivity (Wildman–Crippen MR) is 217 cm³/mol. The van der Waals surface area contributed by atoms with Gasteiger partial charge in [-0.25, -0.2) is 19.2 Å². The number of carbonyl (C=O) groups excluding carboxylic acids is 4. The summed E-state index contributed by atoms with van der Waals surface area (Å²) in [6.07, 6.45) is 8.80. The Labute approximate surface area is 337 Å². The molecule has 4 aliphatic rings. The average molecular weight is 793 g/mol. The smallest absolute Gasteiger partial charge is 0.317 e. The van der Waals surface area contributed by atoms with Gasteiger partial charge in [-0.15, -0.1) is 0 Å². The lowest BCUT2D eigenvalue weighted by atomic mass is 9.98. The van der Waals surface area contributed by atoms with Crippen molar-refractivity contribution in [2.24, 2.45) is 7.05 Å². The highest BCUT2D eigenvalue weighted by atomic mass is 19.1. The molecule has 2 aromatic carbocycles. The van der Waals surface area contributed by atoms with E-state index in [1.165, 1.54) is 6.07 Å². The van der Waals surface area contributed by atoms with Crippen molar-refractivity contribution in [3.05, 3.63) is 70.8 Å². The molecule has 1 aliphatic carbocycles. The third-order valence-corrected chi connectivity index (χ3v) is 12.3. The zero-order valence-corrected chi connectivity index (χ0v) is 33.6. The fraction of sp³-hybridized carbons (Fsp3) is 0.512. The fourth-order valence-electron chi connectivity index (χ4n) is 9.27. The maximum Gasteiger partial charge on any atom is 0.317 e. The first-order valence-electron chi connectivity index (χ1n) is 20.8. The normalized spacial score (nSPS) is 21.3. The van der Waals surface area contributed by atoms with Gasteiger partial charge in [-0.1, -0.05) is 32.4 Å². The molecule has 1 saturated carbocycles. The molecule has 3 N–H and O–H groups in total. The van der Waals surface area contributed by atoms with Gasteiger partial charge < -0.3 is 20.4 Å². The van der Waals surface area contributed by atoms with Crippen molar-refractivity contribution in [1.29, 1.82) is 0 Å². The van der Waals surface area contributed by atoms with Crippen LogP contribution in [0.2, 0.25) is 0 Å². The molecule has 8 rings (SSSR count). The molecule has 3 aliphatic heterocycles. The van der Waals surface area contributed by atoms with Crippen molar-refractivity contribution < 1.29 is 23.6 Å². The first-order chi connectivity index (χ1) is 28.0. The standard InChI is InChI=1S/C43H53FN10O4/c1-26(2)39-32-22-28(23-34(44)38(32)50-51(39)3)35-15-16-45-42(48-35)46-29-11-12-30(24-29)47-43(58)53-20-18-52(19-21-53)17-6-4-5-8-27-9-7-10-31-33(27)25-54(41(31)57)36-13-14-37(55)49-40(36)56/h7,9-10,15-16,22-23,26,29-30,36H,4-6,8,11-14,17-21,24-25H2,1-3H3,(H,47,58)(H,45,46,48)(H,49,55,56)/t29-,30-,36?/m0/s1. The van der Waals surface area contributed by atoms with Gasteiger partial charge in [0.05, 0.1) is 5.69 Å². The molecule has 0 spiro atoms. The number of carbonyl (C=O) groups is 4. The molecule has 0 radical (unpaired) electrons. The molecule has 14 nitrogen and oxygen atoms in total. The molecule has 306 valence electrons. The van der Waals surface area contributed by atoms with E-state index >= 15 is 4.39 Å². The second-order valence-corrected chi connectivity index (χ2v) is 16.6. The Morgan fingerprint density at radius 2 is 1.81 bits per heavy atom. The number of imide groups is 1. The molecular weight excluding hydrogens is 740 g/mol. The van der Waals surface area contributed by atoms with E-state index in [1.807, 2.05) is 30.1 Å². The number of rotatable bonds is 12. The van der Waals surface area contributed by atoms with Gasteiger partial charge in [-0.2, -0.15) is 5.10 Å². The van der Waals surface area contributed by atoms with Crippen LogP contribution >= 0.6 is 0 Å². The van der Waals surface area contributed by atoms with Crippen LogP contribution < -0.4 is 16.0 Å². The lowest BCUT2D eigenvalue weighted by Crippen LogP contribution is -2.53. The zero-order valence-electron chi connectivity index (χ0n) is 33.6. The maximum atomic E-state index is 15.1. The number of piperidine rings is 1. The third-order valence-electron chi connectivity index (χ3n) is 12.3. The summed E-state index contributed by atoms with van der Waals surface area (Å²) in [5.41, 5.74) is 5.47. The Balaban J connectivity index is 0.748. The number of benzene rings is 2. The molecule has 58 heavy (non-hydrogen) atoms. The van der Waals surface area contributed by atoms with Gasteiger partial charge in [-0.05, 0) is 92.8 Å². The fourth-order valence-corrected chi connectivity index (χ4v) is 9.27. The molecule has 5 amide bonds. The van der Waals surface area contributed by atoms with Crippen LogP contribution in [0.5, 0.6) is 0 Å². The summed E-state index contributed by atoms with van der Waals surface area (Å²) in [5.74, 6) is -0.503. The first-order valence-corrected chi connectivity index (χ1v) is 20.8. The lowest BCUT2D eigenvalue weighted by molar-refractivity contribution is -0.136. The van der Waals surface area contributed by atoms with Gasteiger partial charge in [0, 0.05) is 86.7 Å². The van der Waals surface area contributed by atoms with Crippen molar-refractivity contribution in [1.82, 2.24) is 45.1 Å². The van der Waals surface area contributed by atoms with Crippen LogP contribution in [0, 0.1) is 5.82 Å². The molecule has 0 bridgehead atoms. The SMILES string of the molecule is CC(C)c1c2cc(-c3ccnc(N[C@H]4CC[C@H](NC(=O)N5CCN(CCCCCc6cccc7c6CN(C6CCC(=O)NC6=O)C7=O)CC5)C4)n3)cc(F)c2nn1C. The number of aromatic nitrogens is 4. The van der Waals surface area contributed by atoms with Gasteiger partial charge in [0.2, 0.25) is 17.8 Å². The van der Waals surface area contributed by atoms with Crippen LogP contribution in [0.4, 0.5) is 15.1 Å². The number of urea groups is 1. The van der Waals surface area contributed by atoms with Crippen molar-refractivity contribution in [3.8, 4) is 11.3 Å². The number of nitrogens with one attached hydrogen (secondary N) is 3. The van der Waals surface area contributed by atoms with Crippen LogP contribution in [0.3, 0.4) is 0 Å². The van der Waals surface area contributed by atoms with Crippen molar-refractivity contribution in [3.63, 3.8) is 0 Å². The van der Waals surface area contributed by atoms with Gasteiger partial charge in [0.25, 0.3) is 5.91 Å². The number of fused-ring (bicyclic) bond motifs is 2. The summed E-state index contributed by atoms with van der Waals surface area (Å²) < 4.78 is 16.9. The Bertz CT molecular complexity index is 2220. The molecule has 15 heteroatoms. The quantitative estimate of drug-likeness (QED) is 0.131. The number of amides is 5. The number of unbranched alkanes of at least 4 members (excludes halogenated alkanes) is 2. The van der Waals surface area contributed by atoms with Gasteiger partial charge >= 0.3 is 6.03 Å². The number of halogens is 1. The topological polar surface area (TPSA) is 158 Å².